The molecule has 0 bridgehead atoms. The van der Waals surface area contributed by atoms with E-state index in [0.29, 0.717) is 34.5 Å². The van der Waals surface area contributed by atoms with Crippen molar-refractivity contribution in [1.82, 2.24) is 9.55 Å². The van der Waals surface area contributed by atoms with Gasteiger partial charge in [-0.2, -0.15) is 0 Å². The molecule has 1 amide bonds. The molecule has 1 aliphatic heterocycles. The first-order chi connectivity index (χ1) is 16.0. The molecule has 0 N–H and O–H groups in total. The van der Waals surface area contributed by atoms with Crippen LogP contribution in [0.3, 0.4) is 0 Å². The van der Waals surface area contributed by atoms with Crippen molar-refractivity contribution in [3.8, 4) is 5.69 Å². The standard InChI is InChI=1S/C26H19BrIN3O2/c1-2-12-30-23-11-8-16(27)13-19(23)20(25(30)32)15-24-29-22-10-9-17(28)14-21(22)26(33)31(24)18-6-4-3-5-7-18/h3-11,13-15H,2,12H2,1H3. The number of anilines is 1. The molecular weight excluding hydrogens is 593 g/mol. The van der Waals surface area contributed by atoms with E-state index in [9.17, 15) is 9.59 Å². The molecule has 33 heavy (non-hydrogen) atoms. The number of benzene rings is 3. The second-order valence-electron chi connectivity index (χ2n) is 7.78. The fourth-order valence-electron chi connectivity index (χ4n) is 4.14. The Kier molecular flexibility index (Phi) is 5.92. The lowest BCUT2D eigenvalue weighted by Crippen LogP contribution is -2.27. The van der Waals surface area contributed by atoms with Gasteiger partial charge in [0.1, 0.15) is 5.82 Å². The molecule has 5 nitrogen and oxygen atoms in total. The monoisotopic (exact) mass is 611 g/mol. The molecule has 4 aromatic rings. The average Bonchev–Trinajstić information content (AvgIpc) is 3.06. The second kappa shape index (κ2) is 8.87. The summed E-state index contributed by atoms with van der Waals surface area (Å²) in [6.45, 7) is 2.67. The van der Waals surface area contributed by atoms with E-state index in [1.807, 2.05) is 73.7 Å². The fourth-order valence-corrected chi connectivity index (χ4v) is 4.99. The van der Waals surface area contributed by atoms with E-state index < -0.39 is 0 Å². The van der Waals surface area contributed by atoms with Crippen LogP contribution in [-0.4, -0.2) is 22.0 Å². The van der Waals surface area contributed by atoms with Gasteiger partial charge in [0.15, 0.2) is 0 Å². The van der Waals surface area contributed by atoms with Gasteiger partial charge in [0.2, 0.25) is 0 Å². The molecular formula is C26H19BrIN3O2. The molecule has 0 fully saturated rings. The van der Waals surface area contributed by atoms with E-state index in [1.165, 1.54) is 0 Å². The maximum atomic E-state index is 13.6. The van der Waals surface area contributed by atoms with Gasteiger partial charge in [-0.1, -0.05) is 41.1 Å². The van der Waals surface area contributed by atoms with Gasteiger partial charge in [0.25, 0.3) is 11.5 Å². The molecule has 2 heterocycles. The minimum absolute atomic E-state index is 0.0819. The molecule has 0 radical (unpaired) electrons. The number of fused-ring (bicyclic) bond motifs is 2. The lowest BCUT2D eigenvalue weighted by atomic mass is 10.1. The zero-order valence-electron chi connectivity index (χ0n) is 17.8. The SMILES string of the molecule is CCCN1C(=O)C(=Cc2nc3ccc(I)cc3c(=O)n2-c2ccccc2)c2cc(Br)ccc21. The highest BCUT2D eigenvalue weighted by molar-refractivity contribution is 14.1. The Morgan fingerprint density at radius 3 is 2.58 bits per heavy atom. The predicted molar refractivity (Wildman–Crippen MR) is 145 cm³/mol. The van der Waals surface area contributed by atoms with Crippen LogP contribution in [0.2, 0.25) is 0 Å². The summed E-state index contributed by atoms with van der Waals surface area (Å²) in [5, 5.41) is 0.543. The van der Waals surface area contributed by atoms with Crippen LogP contribution in [0, 0.1) is 3.57 Å². The summed E-state index contributed by atoms with van der Waals surface area (Å²) in [6, 6.07) is 20.9. The molecule has 0 saturated carbocycles. The minimum atomic E-state index is -0.165. The Labute approximate surface area is 213 Å². The smallest absolute Gasteiger partial charge is 0.266 e. The Morgan fingerprint density at radius 1 is 1.03 bits per heavy atom. The van der Waals surface area contributed by atoms with Gasteiger partial charge in [0, 0.05) is 20.2 Å². The summed E-state index contributed by atoms with van der Waals surface area (Å²) >= 11 is 5.72. The quantitative estimate of drug-likeness (QED) is 0.209. The number of hydrogen-bond donors (Lipinski definition) is 0. The fraction of sp³-hybridized carbons (Fsp3) is 0.115. The third-order valence-electron chi connectivity index (χ3n) is 5.61. The summed E-state index contributed by atoms with van der Waals surface area (Å²) in [5.41, 5.74) is 3.38. The summed E-state index contributed by atoms with van der Waals surface area (Å²) in [6.07, 6.45) is 2.59. The van der Waals surface area contributed by atoms with Crippen LogP contribution in [-0.2, 0) is 4.79 Å². The minimum Gasteiger partial charge on any atom is -0.308 e. The molecule has 0 spiro atoms. The number of carbonyl (C=O) groups excluding carboxylic acids is 1. The molecule has 1 aromatic heterocycles. The third-order valence-corrected chi connectivity index (χ3v) is 6.77. The predicted octanol–water partition coefficient (Wildman–Crippen LogP) is 6.05. The molecule has 0 unspecified atom stereocenters. The van der Waals surface area contributed by atoms with E-state index in [2.05, 4.69) is 38.5 Å². The first-order valence-corrected chi connectivity index (χ1v) is 12.5. The van der Waals surface area contributed by atoms with E-state index in [1.54, 1.807) is 15.5 Å². The number of amides is 1. The van der Waals surface area contributed by atoms with Crippen LogP contribution in [0.25, 0.3) is 28.2 Å². The number of halogens is 2. The van der Waals surface area contributed by atoms with Gasteiger partial charge in [-0.25, -0.2) is 4.98 Å². The van der Waals surface area contributed by atoms with Crippen LogP contribution in [0.5, 0.6) is 0 Å². The highest BCUT2D eigenvalue weighted by Crippen LogP contribution is 2.39. The zero-order chi connectivity index (χ0) is 23.1. The summed E-state index contributed by atoms with van der Waals surface area (Å²) in [5.74, 6) is 0.342. The van der Waals surface area contributed by atoms with Crippen LogP contribution >= 0.6 is 38.5 Å². The van der Waals surface area contributed by atoms with E-state index >= 15 is 0 Å². The van der Waals surface area contributed by atoms with Crippen LogP contribution in [0.1, 0.15) is 24.7 Å². The van der Waals surface area contributed by atoms with Gasteiger partial charge < -0.3 is 4.90 Å². The second-order valence-corrected chi connectivity index (χ2v) is 9.95. The maximum Gasteiger partial charge on any atom is 0.266 e. The Bertz CT molecular complexity index is 1500. The number of aromatic nitrogens is 2. The van der Waals surface area contributed by atoms with Gasteiger partial charge in [0.05, 0.1) is 27.9 Å². The van der Waals surface area contributed by atoms with E-state index in [0.717, 1.165) is 25.7 Å². The number of nitrogens with zero attached hydrogens (tertiary/aromatic N) is 3. The maximum absolute atomic E-state index is 13.6. The molecule has 7 heteroatoms. The molecule has 0 atom stereocenters. The summed E-state index contributed by atoms with van der Waals surface area (Å²) in [4.78, 5) is 33.7. The van der Waals surface area contributed by atoms with Crippen molar-refractivity contribution in [1.29, 1.82) is 0 Å². The van der Waals surface area contributed by atoms with E-state index in [4.69, 9.17) is 4.98 Å². The molecule has 164 valence electrons. The Morgan fingerprint density at radius 2 is 1.82 bits per heavy atom. The van der Waals surface area contributed by atoms with Gasteiger partial charge in [-0.15, -0.1) is 0 Å². The zero-order valence-corrected chi connectivity index (χ0v) is 21.5. The number of hydrogen-bond acceptors (Lipinski definition) is 3. The van der Waals surface area contributed by atoms with E-state index in [-0.39, 0.29) is 11.5 Å². The highest BCUT2D eigenvalue weighted by Gasteiger charge is 2.32. The lowest BCUT2D eigenvalue weighted by Gasteiger charge is -2.15. The van der Waals surface area contributed by atoms with Crippen LogP contribution in [0.4, 0.5) is 5.69 Å². The van der Waals surface area contributed by atoms with Crippen molar-refractivity contribution < 1.29 is 4.79 Å². The van der Waals surface area contributed by atoms with Crippen molar-refractivity contribution >= 4 is 72.7 Å². The van der Waals surface area contributed by atoms with Crippen molar-refractivity contribution in [2.24, 2.45) is 0 Å². The number of carbonyl (C=O) groups is 1. The third kappa shape index (κ3) is 3.93. The Balaban J connectivity index is 1.81. The Hall–Kier alpha value is -2.78. The lowest BCUT2D eigenvalue weighted by molar-refractivity contribution is -0.113. The molecule has 1 aliphatic rings. The van der Waals surface area contributed by atoms with Crippen LogP contribution in [0.15, 0.2) is 76.0 Å². The van der Waals surface area contributed by atoms with Gasteiger partial charge in [-0.3, -0.25) is 14.2 Å². The first kappa shape index (κ1) is 22.0. The number of para-hydroxylation sites is 1. The summed E-state index contributed by atoms with van der Waals surface area (Å²) in [7, 11) is 0. The average molecular weight is 612 g/mol. The van der Waals surface area contributed by atoms with Crippen molar-refractivity contribution in [3.63, 3.8) is 0 Å². The molecule has 0 saturated heterocycles. The molecule has 3 aromatic carbocycles. The molecule has 5 rings (SSSR count). The van der Waals surface area contributed by atoms with Crippen molar-refractivity contribution in [2.75, 3.05) is 11.4 Å². The first-order valence-electron chi connectivity index (χ1n) is 10.6. The normalized spacial score (nSPS) is 14.3. The van der Waals surface area contributed by atoms with Gasteiger partial charge in [-0.05, 0) is 83.6 Å². The van der Waals surface area contributed by atoms with Crippen molar-refractivity contribution in [3.05, 3.63) is 96.5 Å². The van der Waals surface area contributed by atoms with Crippen LogP contribution < -0.4 is 10.5 Å². The number of rotatable bonds is 4. The topological polar surface area (TPSA) is 55.2 Å². The highest BCUT2D eigenvalue weighted by atomic mass is 127. The largest absolute Gasteiger partial charge is 0.308 e. The molecule has 0 aliphatic carbocycles. The summed E-state index contributed by atoms with van der Waals surface area (Å²) < 4.78 is 3.43. The van der Waals surface area contributed by atoms with Gasteiger partial charge >= 0.3 is 0 Å². The van der Waals surface area contributed by atoms with Crippen molar-refractivity contribution in [2.45, 2.75) is 13.3 Å².